The molecule has 2 heterocycles. The second kappa shape index (κ2) is 8.30. The van der Waals surface area contributed by atoms with Crippen LogP contribution >= 0.6 is 0 Å². The second-order valence-electron chi connectivity index (χ2n) is 7.05. The zero-order chi connectivity index (χ0) is 17.6. The van der Waals surface area contributed by atoms with E-state index in [1.807, 2.05) is 38.2 Å². The topological polar surface area (TPSA) is 54.5 Å². The number of carbonyl (C=O) groups excluding carboxylic acids is 1. The number of benzene rings is 1. The van der Waals surface area contributed by atoms with Crippen molar-refractivity contribution in [3.8, 4) is 0 Å². The van der Waals surface area contributed by atoms with E-state index in [9.17, 15) is 4.79 Å². The van der Waals surface area contributed by atoms with Crippen molar-refractivity contribution in [3.63, 3.8) is 0 Å². The zero-order valence-electron chi connectivity index (χ0n) is 15.1. The van der Waals surface area contributed by atoms with Crippen molar-refractivity contribution in [1.82, 2.24) is 15.2 Å². The molecule has 134 valence electrons. The first-order chi connectivity index (χ1) is 12.1. The normalized spacial score (nSPS) is 18.4. The van der Waals surface area contributed by atoms with Crippen molar-refractivity contribution in [2.24, 2.45) is 0 Å². The summed E-state index contributed by atoms with van der Waals surface area (Å²) in [6, 6.07) is 10.8. The van der Waals surface area contributed by atoms with Crippen LogP contribution in [0.4, 0.5) is 4.79 Å². The van der Waals surface area contributed by atoms with E-state index in [1.54, 1.807) is 0 Å². The highest BCUT2D eigenvalue weighted by Gasteiger charge is 2.24. The molecule has 0 bridgehead atoms. The van der Waals surface area contributed by atoms with Crippen LogP contribution in [0, 0.1) is 0 Å². The number of likely N-dealkylation sites (tertiary alicyclic amines) is 1. The Balaban J connectivity index is 1.62. The van der Waals surface area contributed by atoms with E-state index >= 15 is 0 Å². The number of nitrogens with zero attached hydrogens (tertiary/aromatic N) is 2. The van der Waals surface area contributed by atoms with Gasteiger partial charge in [0, 0.05) is 30.2 Å². The summed E-state index contributed by atoms with van der Waals surface area (Å²) in [5.41, 5.74) is 2.23. The van der Waals surface area contributed by atoms with Crippen LogP contribution in [0.5, 0.6) is 0 Å². The average Bonchev–Trinajstić information content (AvgIpc) is 2.60. The van der Waals surface area contributed by atoms with Crippen LogP contribution in [-0.4, -0.2) is 41.2 Å². The highest BCUT2D eigenvalue weighted by Crippen LogP contribution is 2.21. The van der Waals surface area contributed by atoms with Crippen molar-refractivity contribution < 1.29 is 9.53 Å². The fraction of sp³-hybridized carbons (Fsp3) is 0.500. The van der Waals surface area contributed by atoms with Crippen LogP contribution in [0.15, 0.2) is 36.5 Å². The summed E-state index contributed by atoms with van der Waals surface area (Å²) in [6.45, 7) is 6.19. The zero-order valence-corrected chi connectivity index (χ0v) is 15.1. The van der Waals surface area contributed by atoms with Crippen molar-refractivity contribution in [2.45, 2.75) is 51.7 Å². The van der Waals surface area contributed by atoms with E-state index in [0.29, 0.717) is 6.61 Å². The number of nitrogens with one attached hydrogen (secondary N) is 1. The summed E-state index contributed by atoms with van der Waals surface area (Å²) < 4.78 is 5.42. The third-order valence-corrected chi connectivity index (χ3v) is 4.60. The van der Waals surface area contributed by atoms with Gasteiger partial charge < -0.3 is 10.1 Å². The van der Waals surface area contributed by atoms with Crippen molar-refractivity contribution in [3.05, 3.63) is 42.1 Å². The summed E-state index contributed by atoms with van der Waals surface area (Å²) in [6.07, 6.45) is 5.08. The minimum absolute atomic E-state index is 0.0960. The fourth-order valence-corrected chi connectivity index (χ4v) is 3.34. The number of amides is 1. The van der Waals surface area contributed by atoms with Gasteiger partial charge in [0.05, 0.1) is 5.52 Å². The van der Waals surface area contributed by atoms with Gasteiger partial charge in [-0.3, -0.25) is 9.88 Å². The molecule has 1 saturated heterocycles. The van der Waals surface area contributed by atoms with Crippen molar-refractivity contribution in [1.29, 1.82) is 0 Å². The van der Waals surface area contributed by atoms with Crippen molar-refractivity contribution >= 4 is 17.0 Å². The van der Waals surface area contributed by atoms with Gasteiger partial charge in [0.2, 0.25) is 0 Å². The van der Waals surface area contributed by atoms with Crippen LogP contribution in [0.2, 0.25) is 0 Å². The number of alkyl carbamates (subject to hydrolysis) is 1. The molecule has 1 atom stereocenters. The molecule has 25 heavy (non-hydrogen) atoms. The van der Waals surface area contributed by atoms with Gasteiger partial charge in [0.15, 0.2) is 0 Å². The number of hydrogen-bond donors (Lipinski definition) is 1. The molecule has 1 aromatic carbocycles. The van der Waals surface area contributed by atoms with Gasteiger partial charge >= 0.3 is 6.09 Å². The van der Waals surface area contributed by atoms with Gasteiger partial charge in [-0.05, 0) is 50.9 Å². The van der Waals surface area contributed by atoms with Gasteiger partial charge in [-0.15, -0.1) is 0 Å². The maximum Gasteiger partial charge on any atom is 0.407 e. The molecule has 1 N–H and O–H groups in total. The molecule has 5 heteroatoms. The predicted molar refractivity (Wildman–Crippen MR) is 99.4 cm³/mol. The number of rotatable bonds is 5. The van der Waals surface area contributed by atoms with Crippen LogP contribution < -0.4 is 5.32 Å². The lowest BCUT2D eigenvalue weighted by Crippen LogP contribution is -2.43. The molecule has 0 saturated carbocycles. The van der Waals surface area contributed by atoms with Crippen LogP contribution in [0.1, 0.15) is 38.7 Å². The Kier molecular flexibility index (Phi) is 5.87. The molecule has 1 aliphatic rings. The maximum absolute atomic E-state index is 11.7. The molecule has 1 aromatic heterocycles. The lowest BCUT2D eigenvalue weighted by Gasteiger charge is -2.35. The third kappa shape index (κ3) is 4.92. The first-order valence-corrected chi connectivity index (χ1v) is 9.13. The van der Waals surface area contributed by atoms with Gasteiger partial charge in [0.25, 0.3) is 0 Å². The van der Waals surface area contributed by atoms with E-state index in [0.717, 1.165) is 25.0 Å². The summed E-state index contributed by atoms with van der Waals surface area (Å²) in [7, 11) is 0. The number of hydrogen-bond acceptors (Lipinski definition) is 4. The Hall–Kier alpha value is -2.14. The van der Waals surface area contributed by atoms with E-state index in [2.05, 4.69) is 27.3 Å². The summed E-state index contributed by atoms with van der Waals surface area (Å²) in [4.78, 5) is 18.7. The Labute approximate surface area is 149 Å². The third-order valence-electron chi connectivity index (χ3n) is 4.60. The average molecular weight is 341 g/mol. The van der Waals surface area contributed by atoms with Gasteiger partial charge in [-0.1, -0.05) is 24.6 Å². The van der Waals surface area contributed by atoms with E-state index in [4.69, 9.17) is 4.74 Å². The molecule has 0 aliphatic carbocycles. The Bertz CT molecular complexity index is 717. The Morgan fingerprint density at radius 3 is 3.04 bits per heavy atom. The molecule has 0 radical (unpaired) electrons. The summed E-state index contributed by atoms with van der Waals surface area (Å²) in [5.74, 6) is 0. The molecular weight excluding hydrogens is 314 g/mol. The number of ether oxygens (including phenoxy) is 1. The van der Waals surface area contributed by atoms with Crippen LogP contribution in [0.25, 0.3) is 10.9 Å². The minimum Gasteiger partial charge on any atom is -0.448 e. The first kappa shape index (κ1) is 17.7. The number of carbonyl (C=O) groups is 1. The summed E-state index contributed by atoms with van der Waals surface area (Å²) >= 11 is 0. The molecule has 3 rings (SSSR count). The number of piperidine rings is 1. The molecule has 5 nitrogen and oxygen atoms in total. The molecule has 1 amide bonds. The number of fused-ring (bicyclic) bond motifs is 1. The van der Waals surface area contributed by atoms with E-state index < -0.39 is 0 Å². The SMILES string of the molecule is CC(C)NC(=O)OCC1CCCCN1Cc1cnc2ccccc2c1. The lowest BCUT2D eigenvalue weighted by molar-refractivity contribution is 0.0631. The number of pyridine rings is 1. The molecule has 0 spiro atoms. The second-order valence-corrected chi connectivity index (χ2v) is 7.05. The largest absolute Gasteiger partial charge is 0.448 e. The predicted octanol–water partition coefficient (Wildman–Crippen LogP) is 3.72. The monoisotopic (exact) mass is 341 g/mol. The highest BCUT2D eigenvalue weighted by atomic mass is 16.5. The van der Waals surface area contributed by atoms with Crippen molar-refractivity contribution in [2.75, 3.05) is 13.2 Å². The molecular formula is C20H27N3O2. The van der Waals surface area contributed by atoms with Crippen LogP contribution in [0.3, 0.4) is 0 Å². The fourth-order valence-electron chi connectivity index (χ4n) is 3.34. The minimum atomic E-state index is -0.326. The highest BCUT2D eigenvalue weighted by molar-refractivity contribution is 5.78. The molecule has 2 aromatic rings. The van der Waals surface area contributed by atoms with Gasteiger partial charge in [0.1, 0.15) is 6.61 Å². The van der Waals surface area contributed by atoms with Crippen LogP contribution in [-0.2, 0) is 11.3 Å². The van der Waals surface area contributed by atoms with E-state index in [1.165, 1.54) is 23.8 Å². The molecule has 1 fully saturated rings. The van der Waals surface area contributed by atoms with E-state index in [-0.39, 0.29) is 18.2 Å². The summed E-state index contributed by atoms with van der Waals surface area (Å²) in [5, 5.41) is 3.95. The standard InChI is InChI=1S/C20H27N3O2/c1-15(2)22-20(24)25-14-18-8-5-6-10-23(18)13-16-11-17-7-3-4-9-19(17)21-12-16/h3-4,7,9,11-12,15,18H,5-6,8,10,13-14H2,1-2H3,(H,22,24). The Morgan fingerprint density at radius 2 is 2.20 bits per heavy atom. The molecule has 1 aliphatic heterocycles. The van der Waals surface area contributed by atoms with Gasteiger partial charge in [-0.2, -0.15) is 0 Å². The quantitative estimate of drug-likeness (QED) is 0.900. The van der Waals surface area contributed by atoms with Gasteiger partial charge in [-0.25, -0.2) is 4.79 Å². The lowest BCUT2D eigenvalue weighted by atomic mass is 10.0. The number of para-hydroxylation sites is 1. The molecule has 1 unspecified atom stereocenters. The Morgan fingerprint density at radius 1 is 1.36 bits per heavy atom. The maximum atomic E-state index is 11.7. The first-order valence-electron chi connectivity index (χ1n) is 9.13. The number of aromatic nitrogens is 1. The smallest absolute Gasteiger partial charge is 0.407 e.